The van der Waals surface area contributed by atoms with Gasteiger partial charge >= 0.3 is 0 Å². The fourth-order valence-corrected chi connectivity index (χ4v) is 4.89. The summed E-state index contributed by atoms with van der Waals surface area (Å²) in [7, 11) is -2.21. The van der Waals surface area contributed by atoms with E-state index >= 15 is 0 Å². The van der Waals surface area contributed by atoms with Crippen LogP contribution < -0.4 is 5.32 Å². The number of ether oxygens (including phenoxy) is 1. The Morgan fingerprint density at radius 1 is 1.29 bits per heavy atom. The van der Waals surface area contributed by atoms with Crippen LogP contribution in [0.5, 0.6) is 0 Å². The van der Waals surface area contributed by atoms with Gasteiger partial charge in [0.15, 0.2) is 5.69 Å². The Hall–Kier alpha value is -2.23. The highest BCUT2D eigenvalue weighted by atomic mass is 32.2. The molecule has 2 heterocycles. The van der Waals surface area contributed by atoms with E-state index < -0.39 is 10.0 Å². The fourth-order valence-electron chi connectivity index (χ4n) is 3.33. The highest BCUT2D eigenvalue weighted by Crippen LogP contribution is 2.31. The van der Waals surface area contributed by atoms with Crippen LogP contribution in [-0.2, 0) is 21.3 Å². The van der Waals surface area contributed by atoms with Gasteiger partial charge in [0.25, 0.3) is 5.91 Å². The van der Waals surface area contributed by atoms with E-state index in [0.29, 0.717) is 11.4 Å². The third-order valence-electron chi connectivity index (χ3n) is 5.02. The number of rotatable bonds is 7. The number of nitrogens with zero attached hydrogens (tertiary/aromatic N) is 3. The number of nitrogens with one attached hydrogen (secondary N) is 1. The largest absolute Gasteiger partial charge is 0.383 e. The lowest BCUT2D eigenvalue weighted by Gasteiger charge is -2.20. The van der Waals surface area contributed by atoms with Gasteiger partial charge in [-0.15, -0.1) is 0 Å². The minimum Gasteiger partial charge on any atom is -0.383 e. The Morgan fingerprint density at radius 3 is 2.68 bits per heavy atom. The van der Waals surface area contributed by atoms with E-state index in [2.05, 4.69) is 10.3 Å². The first-order valence-electron chi connectivity index (χ1n) is 9.39. The van der Waals surface area contributed by atoms with Gasteiger partial charge in [0.1, 0.15) is 11.2 Å². The molecule has 2 aromatic rings. The fraction of sp³-hybridized carbons (Fsp3) is 0.474. The highest BCUT2D eigenvalue weighted by molar-refractivity contribution is 7.89. The number of carbonyl (C=O) groups is 1. The Balaban J connectivity index is 2.09. The van der Waals surface area contributed by atoms with Crippen LogP contribution in [0.4, 0.5) is 0 Å². The van der Waals surface area contributed by atoms with Crippen molar-refractivity contribution in [2.24, 2.45) is 0 Å². The van der Waals surface area contributed by atoms with Gasteiger partial charge in [-0.2, -0.15) is 4.31 Å². The van der Waals surface area contributed by atoms with Crippen LogP contribution in [0.15, 0.2) is 35.5 Å². The second-order valence-corrected chi connectivity index (χ2v) is 8.60. The number of carbonyl (C=O) groups excluding carboxylic acids is 1. The van der Waals surface area contributed by atoms with Crippen molar-refractivity contribution in [1.29, 1.82) is 0 Å². The molecule has 0 aliphatic carbocycles. The molecule has 1 aromatic carbocycles. The van der Waals surface area contributed by atoms with Crippen molar-refractivity contribution in [3.63, 3.8) is 0 Å². The summed E-state index contributed by atoms with van der Waals surface area (Å²) in [5.41, 5.74) is 1.29. The molecule has 0 saturated heterocycles. The van der Waals surface area contributed by atoms with E-state index in [0.717, 1.165) is 12.8 Å². The van der Waals surface area contributed by atoms with Gasteiger partial charge in [-0.1, -0.05) is 26.0 Å². The molecule has 0 atom stereocenters. The van der Waals surface area contributed by atoms with Crippen LogP contribution in [0.3, 0.4) is 0 Å². The Labute approximate surface area is 165 Å². The Bertz CT molecular complexity index is 951. The molecule has 1 amide bonds. The van der Waals surface area contributed by atoms with Crippen LogP contribution in [0, 0.1) is 0 Å². The van der Waals surface area contributed by atoms with Crippen LogP contribution in [0.25, 0.3) is 5.69 Å². The van der Waals surface area contributed by atoms with E-state index in [4.69, 9.17) is 4.74 Å². The lowest BCUT2D eigenvalue weighted by molar-refractivity contribution is 0.0928. The number of aromatic nitrogens is 2. The average Bonchev–Trinajstić information content (AvgIpc) is 3.08. The number of fused-ring (bicyclic) bond motifs is 3. The minimum absolute atomic E-state index is 0.0477. The van der Waals surface area contributed by atoms with E-state index in [9.17, 15) is 13.2 Å². The number of hydrogen-bond donors (Lipinski definition) is 1. The first kappa shape index (κ1) is 20.5. The van der Waals surface area contributed by atoms with E-state index in [1.165, 1.54) is 17.7 Å². The number of amides is 1. The monoisotopic (exact) mass is 406 g/mol. The lowest BCUT2D eigenvalue weighted by Crippen LogP contribution is -2.36. The second kappa shape index (κ2) is 8.42. The smallest absolute Gasteiger partial charge is 0.272 e. The van der Waals surface area contributed by atoms with Gasteiger partial charge in [-0.25, -0.2) is 13.4 Å². The summed E-state index contributed by atoms with van der Waals surface area (Å²) in [6.45, 7) is 4.51. The maximum atomic E-state index is 13.2. The maximum Gasteiger partial charge on any atom is 0.272 e. The van der Waals surface area contributed by atoms with Crippen LogP contribution in [-0.4, -0.2) is 54.5 Å². The van der Waals surface area contributed by atoms with Crippen molar-refractivity contribution in [2.45, 2.75) is 44.2 Å². The zero-order valence-corrected chi connectivity index (χ0v) is 17.2. The normalized spacial score (nSPS) is 15.7. The summed E-state index contributed by atoms with van der Waals surface area (Å²) in [4.78, 5) is 17.3. The number of hydrogen-bond acceptors (Lipinski definition) is 5. The molecule has 28 heavy (non-hydrogen) atoms. The summed E-state index contributed by atoms with van der Waals surface area (Å²) >= 11 is 0. The minimum atomic E-state index is -3.73. The van der Waals surface area contributed by atoms with Crippen LogP contribution in [0.1, 0.15) is 42.9 Å². The molecule has 152 valence electrons. The topological polar surface area (TPSA) is 93.5 Å². The van der Waals surface area contributed by atoms with Crippen molar-refractivity contribution < 1.29 is 17.9 Å². The molecule has 0 radical (unpaired) electrons. The van der Waals surface area contributed by atoms with Gasteiger partial charge in [0.05, 0.1) is 24.5 Å². The molecular formula is C19H26N4O4S. The number of para-hydroxylation sites is 1. The molecule has 9 heteroatoms. The zero-order chi connectivity index (χ0) is 20.3. The summed E-state index contributed by atoms with van der Waals surface area (Å²) in [5.74, 6) is -0.286. The Kier molecular flexibility index (Phi) is 6.17. The SMILES string of the molecule is CCC(CC)NC(=O)c1ncn2c1CN(CCOC)S(=O)(=O)c1ccccc1-2. The highest BCUT2D eigenvalue weighted by Gasteiger charge is 2.34. The number of methoxy groups -OCH3 is 1. The second-order valence-electron chi connectivity index (χ2n) is 6.70. The van der Waals surface area contributed by atoms with Gasteiger partial charge in [0.2, 0.25) is 10.0 Å². The van der Waals surface area contributed by atoms with E-state index in [1.54, 1.807) is 28.8 Å². The van der Waals surface area contributed by atoms with Crippen LogP contribution in [0.2, 0.25) is 0 Å². The average molecular weight is 407 g/mol. The van der Waals surface area contributed by atoms with Gasteiger partial charge < -0.3 is 10.1 Å². The molecule has 1 N–H and O–H groups in total. The van der Waals surface area contributed by atoms with Gasteiger partial charge in [-0.05, 0) is 25.0 Å². The molecule has 1 aliphatic rings. The number of benzene rings is 1. The maximum absolute atomic E-state index is 13.2. The molecule has 8 nitrogen and oxygen atoms in total. The molecule has 0 unspecified atom stereocenters. The molecule has 1 aromatic heterocycles. The number of imidazole rings is 1. The predicted molar refractivity (Wildman–Crippen MR) is 105 cm³/mol. The van der Waals surface area contributed by atoms with Gasteiger partial charge in [0, 0.05) is 19.7 Å². The van der Waals surface area contributed by atoms with Crippen molar-refractivity contribution in [3.8, 4) is 5.69 Å². The van der Waals surface area contributed by atoms with Crippen molar-refractivity contribution >= 4 is 15.9 Å². The molecule has 1 aliphatic heterocycles. The van der Waals surface area contributed by atoms with Gasteiger partial charge in [-0.3, -0.25) is 9.36 Å². The standard InChI is InChI=1S/C19H26N4O4S/c1-4-14(5-2)21-19(24)18-16-12-22(10-11-27-3)28(25,26)17-9-7-6-8-15(17)23(16)13-20-18/h6-9,13-14H,4-5,10-12H2,1-3H3,(H,21,24). The number of sulfonamides is 1. The molecule has 3 rings (SSSR count). The first-order chi connectivity index (χ1) is 13.4. The third kappa shape index (κ3) is 3.69. The first-order valence-corrected chi connectivity index (χ1v) is 10.8. The predicted octanol–water partition coefficient (Wildman–Crippen LogP) is 1.94. The summed E-state index contributed by atoms with van der Waals surface area (Å²) in [6.07, 6.45) is 3.15. The van der Waals surface area contributed by atoms with Crippen LogP contribution >= 0.6 is 0 Å². The summed E-state index contributed by atoms with van der Waals surface area (Å²) in [6, 6.07) is 6.81. The van der Waals surface area contributed by atoms with E-state index in [-0.39, 0.29) is 42.2 Å². The zero-order valence-electron chi connectivity index (χ0n) is 16.4. The van der Waals surface area contributed by atoms with Crippen molar-refractivity contribution in [3.05, 3.63) is 42.0 Å². The van der Waals surface area contributed by atoms with Crippen molar-refractivity contribution in [1.82, 2.24) is 19.2 Å². The Morgan fingerprint density at radius 2 is 2.00 bits per heavy atom. The summed E-state index contributed by atoms with van der Waals surface area (Å²) in [5, 5.41) is 2.98. The molecule has 0 saturated carbocycles. The molecule has 0 fully saturated rings. The lowest BCUT2D eigenvalue weighted by atomic mass is 10.1. The van der Waals surface area contributed by atoms with Crippen molar-refractivity contribution in [2.75, 3.05) is 20.3 Å². The third-order valence-corrected chi connectivity index (χ3v) is 6.91. The quantitative estimate of drug-likeness (QED) is 0.758. The molecular weight excluding hydrogens is 380 g/mol. The molecule has 0 spiro atoms. The van der Waals surface area contributed by atoms with E-state index in [1.807, 2.05) is 13.8 Å². The summed E-state index contributed by atoms with van der Waals surface area (Å²) < 4.78 is 34.5. The molecule has 0 bridgehead atoms.